The van der Waals surface area contributed by atoms with Gasteiger partial charge in [0, 0.05) is 13.2 Å². The van der Waals surface area contributed by atoms with Gasteiger partial charge in [0.15, 0.2) is 0 Å². The molecule has 3 heteroatoms. The monoisotopic (exact) mass is 157 g/mol. The summed E-state index contributed by atoms with van der Waals surface area (Å²) >= 11 is 0. The molecule has 0 aromatic rings. The van der Waals surface area contributed by atoms with E-state index < -0.39 is 0 Å². The molecule has 1 aliphatic heterocycles. The molecule has 0 radical (unpaired) electrons. The first kappa shape index (κ1) is 8.68. The molecule has 0 unspecified atom stereocenters. The van der Waals surface area contributed by atoms with Crippen LogP contribution in [0, 0.1) is 0 Å². The molecule has 1 fully saturated rings. The van der Waals surface area contributed by atoms with Crippen molar-refractivity contribution in [3.05, 3.63) is 0 Å². The van der Waals surface area contributed by atoms with E-state index >= 15 is 0 Å². The molecule has 1 rings (SSSR count). The first-order chi connectivity index (χ1) is 5.36. The van der Waals surface area contributed by atoms with Gasteiger partial charge in [0.1, 0.15) is 6.29 Å². The lowest BCUT2D eigenvalue weighted by Crippen LogP contribution is -2.22. The van der Waals surface area contributed by atoms with Gasteiger partial charge in [-0.05, 0) is 12.8 Å². The molecular formula is C8H15NO2. The van der Waals surface area contributed by atoms with Crippen LogP contribution < -0.4 is 5.32 Å². The van der Waals surface area contributed by atoms with Crippen molar-refractivity contribution >= 4 is 6.29 Å². The van der Waals surface area contributed by atoms with E-state index in [0.29, 0.717) is 0 Å². The second kappa shape index (κ2) is 4.46. The van der Waals surface area contributed by atoms with Crippen molar-refractivity contribution in [1.82, 2.24) is 5.32 Å². The number of hydrogen-bond acceptors (Lipinski definition) is 3. The summed E-state index contributed by atoms with van der Waals surface area (Å²) < 4.78 is 5.46. The Hall–Kier alpha value is -0.410. The molecule has 0 bridgehead atoms. The maximum absolute atomic E-state index is 10.3. The smallest absolute Gasteiger partial charge is 0.136 e. The third-order valence-corrected chi connectivity index (χ3v) is 1.85. The van der Waals surface area contributed by atoms with Crippen molar-refractivity contribution in [2.75, 3.05) is 13.2 Å². The molecule has 2 atom stereocenters. The van der Waals surface area contributed by atoms with E-state index in [2.05, 4.69) is 12.2 Å². The highest BCUT2D eigenvalue weighted by molar-refractivity contribution is 5.58. The maximum Gasteiger partial charge on any atom is 0.136 e. The summed E-state index contributed by atoms with van der Waals surface area (Å²) in [6, 6.07) is 0.0249. The fraction of sp³-hybridized carbons (Fsp3) is 0.875. The summed E-state index contributed by atoms with van der Waals surface area (Å²) in [7, 11) is 0. The number of aldehydes is 1. The number of carbonyl (C=O) groups is 1. The van der Waals surface area contributed by atoms with Gasteiger partial charge in [-0.15, -0.1) is 0 Å². The lowest BCUT2D eigenvalue weighted by molar-refractivity contribution is -0.109. The van der Waals surface area contributed by atoms with Crippen LogP contribution in [0.4, 0.5) is 0 Å². The Balaban J connectivity index is 2.14. The second-order valence-corrected chi connectivity index (χ2v) is 2.88. The van der Waals surface area contributed by atoms with E-state index in [4.69, 9.17) is 4.74 Å². The van der Waals surface area contributed by atoms with Gasteiger partial charge >= 0.3 is 0 Å². The third-order valence-electron chi connectivity index (χ3n) is 1.85. The normalized spacial score (nSPS) is 30.6. The van der Waals surface area contributed by atoms with E-state index in [9.17, 15) is 4.79 Å². The van der Waals surface area contributed by atoms with Gasteiger partial charge in [0.05, 0.1) is 12.1 Å². The van der Waals surface area contributed by atoms with Crippen LogP contribution in [0.1, 0.15) is 19.8 Å². The molecule has 0 spiro atoms. The van der Waals surface area contributed by atoms with E-state index in [1.807, 2.05) is 0 Å². The van der Waals surface area contributed by atoms with E-state index in [1.165, 1.54) is 0 Å². The van der Waals surface area contributed by atoms with Crippen molar-refractivity contribution < 1.29 is 9.53 Å². The van der Waals surface area contributed by atoms with Gasteiger partial charge < -0.3 is 14.8 Å². The minimum Gasteiger partial charge on any atom is -0.377 e. The van der Waals surface area contributed by atoms with Gasteiger partial charge in [-0.1, -0.05) is 6.92 Å². The summed E-state index contributed by atoms with van der Waals surface area (Å²) in [5.74, 6) is 0. The number of hydrogen-bond donors (Lipinski definition) is 1. The highest BCUT2D eigenvalue weighted by Crippen LogP contribution is 2.08. The van der Waals surface area contributed by atoms with E-state index in [0.717, 1.165) is 32.3 Å². The van der Waals surface area contributed by atoms with Crippen molar-refractivity contribution in [1.29, 1.82) is 0 Å². The van der Waals surface area contributed by atoms with Crippen LogP contribution in [0.15, 0.2) is 0 Å². The highest BCUT2D eigenvalue weighted by atomic mass is 16.5. The molecule has 0 aromatic carbocycles. The molecule has 0 aliphatic carbocycles. The number of carbonyl (C=O) groups excluding carboxylic acids is 1. The van der Waals surface area contributed by atoms with E-state index in [1.54, 1.807) is 0 Å². The molecule has 1 aliphatic rings. The van der Waals surface area contributed by atoms with Gasteiger partial charge in [0.25, 0.3) is 0 Å². The average molecular weight is 157 g/mol. The van der Waals surface area contributed by atoms with E-state index in [-0.39, 0.29) is 12.1 Å². The summed E-state index contributed by atoms with van der Waals surface area (Å²) in [5.41, 5.74) is 0. The van der Waals surface area contributed by atoms with Crippen LogP contribution >= 0.6 is 0 Å². The SMILES string of the molecule is CCCO[C@@H]1CN[C@H](C=O)C1. The van der Waals surface area contributed by atoms with Crippen LogP contribution in [0.25, 0.3) is 0 Å². The van der Waals surface area contributed by atoms with Gasteiger partial charge in [-0.3, -0.25) is 0 Å². The molecular weight excluding hydrogens is 142 g/mol. The van der Waals surface area contributed by atoms with Crippen LogP contribution in [-0.2, 0) is 9.53 Å². The zero-order valence-corrected chi connectivity index (χ0v) is 6.88. The molecule has 1 heterocycles. The van der Waals surface area contributed by atoms with Crippen molar-refractivity contribution in [3.63, 3.8) is 0 Å². The quantitative estimate of drug-likeness (QED) is 0.598. The van der Waals surface area contributed by atoms with Crippen LogP contribution in [0.3, 0.4) is 0 Å². The zero-order valence-electron chi connectivity index (χ0n) is 6.88. The average Bonchev–Trinajstić information content (AvgIpc) is 2.48. The van der Waals surface area contributed by atoms with Gasteiger partial charge in [-0.25, -0.2) is 0 Å². The Morgan fingerprint density at radius 1 is 1.73 bits per heavy atom. The minimum atomic E-state index is 0.0249. The summed E-state index contributed by atoms with van der Waals surface area (Å²) in [6.07, 6.45) is 3.09. The Morgan fingerprint density at radius 2 is 2.55 bits per heavy atom. The molecule has 1 saturated heterocycles. The molecule has 0 amide bonds. The molecule has 11 heavy (non-hydrogen) atoms. The zero-order chi connectivity index (χ0) is 8.10. The minimum absolute atomic E-state index is 0.0249. The molecule has 3 nitrogen and oxygen atoms in total. The predicted octanol–water partition coefficient (Wildman–Crippen LogP) is 0.342. The van der Waals surface area contributed by atoms with Crippen LogP contribution in [-0.4, -0.2) is 31.6 Å². The Bertz CT molecular complexity index is 127. The predicted molar refractivity (Wildman–Crippen MR) is 42.5 cm³/mol. The van der Waals surface area contributed by atoms with Crippen molar-refractivity contribution in [2.24, 2.45) is 0 Å². The van der Waals surface area contributed by atoms with Crippen LogP contribution in [0.2, 0.25) is 0 Å². The standard InChI is InChI=1S/C8H15NO2/c1-2-3-11-8-4-7(6-10)9-5-8/h6-9H,2-5H2,1H3/t7-,8-/m0/s1. The van der Waals surface area contributed by atoms with Crippen molar-refractivity contribution in [2.45, 2.75) is 31.9 Å². The molecule has 1 N–H and O–H groups in total. The summed E-state index contributed by atoms with van der Waals surface area (Å²) in [6.45, 7) is 3.71. The lowest BCUT2D eigenvalue weighted by atomic mass is 10.2. The molecule has 0 aromatic heterocycles. The van der Waals surface area contributed by atoms with Crippen LogP contribution in [0.5, 0.6) is 0 Å². The third kappa shape index (κ3) is 2.60. The number of rotatable bonds is 4. The lowest BCUT2D eigenvalue weighted by Gasteiger charge is -2.08. The van der Waals surface area contributed by atoms with Crippen molar-refractivity contribution in [3.8, 4) is 0 Å². The largest absolute Gasteiger partial charge is 0.377 e. The fourth-order valence-electron chi connectivity index (χ4n) is 1.25. The first-order valence-corrected chi connectivity index (χ1v) is 4.17. The number of nitrogens with one attached hydrogen (secondary N) is 1. The molecule has 0 saturated carbocycles. The number of ether oxygens (including phenoxy) is 1. The summed E-state index contributed by atoms with van der Waals surface area (Å²) in [5, 5.41) is 3.07. The molecule has 64 valence electrons. The fourth-order valence-corrected chi connectivity index (χ4v) is 1.25. The highest BCUT2D eigenvalue weighted by Gasteiger charge is 2.23. The Morgan fingerprint density at radius 3 is 3.09 bits per heavy atom. The first-order valence-electron chi connectivity index (χ1n) is 4.17. The van der Waals surface area contributed by atoms with Gasteiger partial charge in [0.2, 0.25) is 0 Å². The second-order valence-electron chi connectivity index (χ2n) is 2.88. The van der Waals surface area contributed by atoms with Gasteiger partial charge in [-0.2, -0.15) is 0 Å². The maximum atomic E-state index is 10.3. The Labute approximate surface area is 67.1 Å². The summed E-state index contributed by atoms with van der Waals surface area (Å²) in [4.78, 5) is 10.3. The topological polar surface area (TPSA) is 38.3 Å². The Kier molecular flexibility index (Phi) is 3.52.